The lowest BCUT2D eigenvalue weighted by atomic mass is 9.96. The van der Waals surface area contributed by atoms with Gasteiger partial charge in [-0.1, -0.05) is 26.7 Å². The molecule has 0 amide bonds. The van der Waals surface area contributed by atoms with Crippen molar-refractivity contribution in [2.45, 2.75) is 46.0 Å². The highest BCUT2D eigenvalue weighted by molar-refractivity contribution is 4.81. The predicted molar refractivity (Wildman–Crippen MR) is 74.2 cm³/mol. The van der Waals surface area contributed by atoms with Gasteiger partial charge in [0.05, 0.1) is 0 Å². The Hall–Kier alpha value is -0.0800. The first-order chi connectivity index (χ1) is 8.29. The van der Waals surface area contributed by atoms with Crippen molar-refractivity contribution in [3.05, 3.63) is 0 Å². The average molecular weight is 238 g/mol. The molecule has 2 aliphatic heterocycles. The quantitative estimate of drug-likeness (QED) is 0.810. The van der Waals surface area contributed by atoms with Crippen molar-refractivity contribution < 1.29 is 0 Å². The summed E-state index contributed by atoms with van der Waals surface area (Å²) in [7, 11) is 0. The van der Waals surface area contributed by atoms with Crippen molar-refractivity contribution in [1.82, 2.24) is 10.2 Å². The molecule has 0 bridgehead atoms. The SMILES string of the molecule is CCCC1CCCN(C[C@@H]2CNC[C@H]2C)CC1. The molecule has 2 aliphatic rings. The zero-order chi connectivity index (χ0) is 12.1. The molecule has 17 heavy (non-hydrogen) atoms. The van der Waals surface area contributed by atoms with Gasteiger partial charge in [-0.25, -0.2) is 0 Å². The lowest BCUT2D eigenvalue weighted by molar-refractivity contribution is 0.222. The van der Waals surface area contributed by atoms with Crippen LogP contribution in [-0.2, 0) is 0 Å². The first-order valence-electron chi connectivity index (χ1n) is 7.72. The third kappa shape index (κ3) is 3.96. The predicted octanol–water partition coefficient (Wildman–Crippen LogP) is 2.74. The van der Waals surface area contributed by atoms with Crippen molar-refractivity contribution in [3.8, 4) is 0 Å². The van der Waals surface area contributed by atoms with Crippen molar-refractivity contribution in [1.29, 1.82) is 0 Å². The van der Waals surface area contributed by atoms with E-state index in [9.17, 15) is 0 Å². The largest absolute Gasteiger partial charge is 0.316 e. The number of nitrogens with one attached hydrogen (secondary N) is 1. The Labute approximate surface area is 107 Å². The molecule has 0 saturated carbocycles. The summed E-state index contributed by atoms with van der Waals surface area (Å²) in [6.07, 6.45) is 7.17. The van der Waals surface area contributed by atoms with Gasteiger partial charge in [-0.05, 0) is 63.2 Å². The molecule has 0 aromatic rings. The van der Waals surface area contributed by atoms with Crippen LogP contribution < -0.4 is 5.32 Å². The Bertz CT molecular complexity index is 217. The molecule has 3 atom stereocenters. The maximum atomic E-state index is 3.53. The van der Waals surface area contributed by atoms with E-state index in [2.05, 4.69) is 24.1 Å². The van der Waals surface area contributed by atoms with Gasteiger partial charge in [0.25, 0.3) is 0 Å². The van der Waals surface area contributed by atoms with E-state index in [0.717, 1.165) is 17.8 Å². The van der Waals surface area contributed by atoms with E-state index >= 15 is 0 Å². The Morgan fingerprint density at radius 1 is 1.18 bits per heavy atom. The molecule has 2 rings (SSSR count). The van der Waals surface area contributed by atoms with E-state index in [1.807, 2.05) is 0 Å². The molecular weight excluding hydrogens is 208 g/mol. The van der Waals surface area contributed by atoms with Gasteiger partial charge in [0.2, 0.25) is 0 Å². The summed E-state index contributed by atoms with van der Waals surface area (Å²) >= 11 is 0. The van der Waals surface area contributed by atoms with Crippen molar-refractivity contribution in [2.75, 3.05) is 32.7 Å². The number of hydrogen-bond acceptors (Lipinski definition) is 2. The second-order valence-corrected chi connectivity index (χ2v) is 6.28. The number of likely N-dealkylation sites (tertiary alicyclic amines) is 1. The molecular formula is C15H30N2. The highest BCUT2D eigenvalue weighted by atomic mass is 15.1. The van der Waals surface area contributed by atoms with Gasteiger partial charge >= 0.3 is 0 Å². The van der Waals surface area contributed by atoms with Gasteiger partial charge in [0, 0.05) is 6.54 Å². The molecule has 0 aliphatic carbocycles. The van der Waals surface area contributed by atoms with Crippen molar-refractivity contribution in [3.63, 3.8) is 0 Å². The maximum Gasteiger partial charge on any atom is 0.00248 e. The highest BCUT2D eigenvalue weighted by Gasteiger charge is 2.26. The van der Waals surface area contributed by atoms with Crippen LogP contribution in [-0.4, -0.2) is 37.6 Å². The smallest absolute Gasteiger partial charge is 0.00248 e. The van der Waals surface area contributed by atoms with E-state index in [4.69, 9.17) is 0 Å². The summed E-state index contributed by atoms with van der Waals surface area (Å²) in [6.45, 7) is 11.3. The van der Waals surface area contributed by atoms with Crippen LogP contribution in [0.4, 0.5) is 0 Å². The summed E-state index contributed by atoms with van der Waals surface area (Å²) in [4.78, 5) is 2.74. The van der Waals surface area contributed by atoms with Crippen LogP contribution in [0.2, 0.25) is 0 Å². The first kappa shape index (κ1) is 13.4. The summed E-state index contributed by atoms with van der Waals surface area (Å²) in [6, 6.07) is 0. The monoisotopic (exact) mass is 238 g/mol. The lowest BCUT2D eigenvalue weighted by Crippen LogP contribution is -2.33. The van der Waals surface area contributed by atoms with Gasteiger partial charge in [0.15, 0.2) is 0 Å². The van der Waals surface area contributed by atoms with E-state index in [0.29, 0.717) is 0 Å². The van der Waals surface area contributed by atoms with Crippen LogP contribution in [0.3, 0.4) is 0 Å². The molecule has 0 radical (unpaired) electrons. The second-order valence-electron chi connectivity index (χ2n) is 6.28. The van der Waals surface area contributed by atoms with Crippen molar-refractivity contribution in [2.24, 2.45) is 17.8 Å². The Morgan fingerprint density at radius 2 is 2.06 bits per heavy atom. The molecule has 1 N–H and O–H groups in total. The summed E-state index contributed by atoms with van der Waals surface area (Å²) in [5, 5.41) is 3.53. The van der Waals surface area contributed by atoms with Crippen molar-refractivity contribution >= 4 is 0 Å². The third-order valence-corrected chi connectivity index (χ3v) is 4.81. The van der Waals surface area contributed by atoms with Gasteiger partial charge in [-0.15, -0.1) is 0 Å². The average Bonchev–Trinajstić information content (AvgIpc) is 2.59. The topological polar surface area (TPSA) is 15.3 Å². The maximum absolute atomic E-state index is 3.53. The van der Waals surface area contributed by atoms with E-state index < -0.39 is 0 Å². The minimum absolute atomic E-state index is 0.879. The Morgan fingerprint density at radius 3 is 2.76 bits per heavy atom. The van der Waals surface area contributed by atoms with Crippen LogP contribution in [0.1, 0.15) is 46.0 Å². The first-order valence-corrected chi connectivity index (χ1v) is 7.72. The van der Waals surface area contributed by atoms with Gasteiger partial charge in [0.1, 0.15) is 0 Å². The zero-order valence-electron chi connectivity index (χ0n) is 11.8. The molecule has 2 heterocycles. The standard InChI is InChI=1S/C15H30N2/c1-3-5-14-6-4-8-17(9-7-14)12-15-11-16-10-13(15)2/h13-16H,3-12H2,1-2H3/t13-,14?,15+/m1/s1. The van der Waals surface area contributed by atoms with Crippen LogP contribution in [0.25, 0.3) is 0 Å². The second kappa shape index (κ2) is 6.75. The fourth-order valence-electron chi connectivity index (χ4n) is 3.54. The lowest BCUT2D eigenvalue weighted by Gasteiger charge is -2.25. The van der Waals surface area contributed by atoms with Crippen LogP contribution in [0.5, 0.6) is 0 Å². The molecule has 0 aromatic heterocycles. The fraction of sp³-hybridized carbons (Fsp3) is 1.00. The third-order valence-electron chi connectivity index (χ3n) is 4.81. The molecule has 2 nitrogen and oxygen atoms in total. The molecule has 0 aromatic carbocycles. The fourth-order valence-corrected chi connectivity index (χ4v) is 3.54. The molecule has 2 fully saturated rings. The van der Waals surface area contributed by atoms with Gasteiger partial charge < -0.3 is 10.2 Å². The van der Waals surface area contributed by atoms with Crippen LogP contribution in [0, 0.1) is 17.8 Å². The van der Waals surface area contributed by atoms with E-state index in [1.54, 1.807) is 0 Å². The number of rotatable bonds is 4. The van der Waals surface area contributed by atoms with E-state index in [-0.39, 0.29) is 0 Å². The molecule has 1 unspecified atom stereocenters. The molecule has 100 valence electrons. The zero-order valence-corrected chi connectivity index (χ0v) is 11.8. The highest BCUT2D eigenvalue weighted by Crippen LogP contribution is 2.24. The van der Waals surface area contributed by atoms with E-state index in [1.165, 1.54) is 64.8 Å². The summed E-state index contributed by atoms with van der Waals surface area (Å²) in [5.41, 5.74) is 0. The summed E-state index contributed by atoms with van der Waals surface area (Å²) in [5.74, 6) is 2.80. The number of nitrogens with zero attached hydrogens (tertiary/aromatic N) is 1. The number of hydrogen-bond donors (Lipinski definition) is 1. The minimum Gasteiger partial charge on any atom is -0.316 e. The molecule has 0 spiro atoms. The van der Waals surface area contributed by atoms with Gasteiger partial charge in [-0.3, -0.25) is 0 Å². The normalized spacial score (nSPS) is 36.0. The Kier molecular flexibility index (Phi) is 5.30. The Balaban J connectivity index is 1.74. The molecule has 2 saturated heterocycles. The minimum atomic E-state index is 0.879. The van der Waals surface area contributed by atoms with Gasteiger partial charge in [-0.2, -0.15) is 0 Å². The van der Waals surface area contributed by atoms with Crippen LogP contribution in [0.15, 0.2) is 0 Å². The summed E-state index contributed by atoms with van der Waals surface area (Å²) < 4.78 is 0. The van der Waals surface area contributed by atoms with Crippen LogP contribution >= 0.6 is 0 Å². The molecule has 2 heteroatoms.